The van der Waals surface area contributed by atoms with Crippen molar-refractivity contribution in [3.8, 4) is 0 Å². The number of nitrogens with two attached hydrogens (primary N) is 1. The molecule has 0 atom stereocenters. The normalized spacial score (nSPS) is 10.1. The first-order chi connectivity index (χ1) is 6.74. The third-order valence-electron chi connectivity index (χ3n) is 0.881. The van der Waals surface area contributed by atoms with Crippen LogP contribution in [0.5, 0.6) is 0 Å². The molecule has 0 amide bonds. The molecule has 0 aliphatic heterocycles. The molecular weight excluding hydrogens is 232 g/mol. The molecule has 1 aromatic heterocycles. The minimum Gasteiger partial charge on any atom is -0.463 e. The first-order valence-corrected chi connectivity index (χ1v) is 4.60. The smallest absolute Gasteiger partial charge is 0.394 e. The van der Waals surface area contributed by atoms with Crippen LogP contribution in [-0.4, -0.2) is 45.8 Å². The summed E-state index contributed by atoms with van der Waals surface area (Å²) in [6, 6.07) is 0. The number of nitrogen functional groups attached to an aromatic ring is 1. The number of carbonyl (C=O) groups excluding carboxylic acids is 1. The van der Waals surface area contributed by atoms with Crippen LogP contribution in [0.25, 0.3) is 0 Å². The number of rotatable bonds is 1. The van der Waals surface area contributed by atoms with Crippen LogP contribution >= 0.6 is 0 Å². The zero-order chi connectivity index (χ0) is 12.1. The second-order valence-electron chi connectivity index (χ2n) is 1.98. The molecule has 0 bridgehead atoms. The fraction of sp³-hybridized carbons (Fsp3) is 0.250. The van der Waals surface area contributed by atoms with E-state index in [4.69, 9.17) is 23.3 Å². The van der Waals surface area contributed by atoms with Gasteiger partial charge in [-0.25, -0.2) is 4.79 Å². The summed E-state index contributed by atoms with van der Waals surface area (Å²) in [5.74, 6) is -0.537. The van der Waals surface area contributed by atoms with Crippen LogP contribution in [0.15, 0.2) is 0 Å². The second kappa shape index (κ2) is 5.23. The molecule has 0 aliphatic carbocycles. The van der Waals surface area contributed by atoms with Crippen LogP contribution in [0.1, 0.15) is 10.6 Å². The van der Waals surface area contributed by atoms with Gasteiger partial charge in [0.15, 0.2) is 0 Å². The molecule has 0 aromatic carbocycles. The maximum absolute atomic E-state index is 10.6. The maximum atomic E-state index is 10.6. The highest BCUT2D eigenvalue weighted by Crippen LogP contribution is 1.93. The van der Waals surface area contributed by atoms with E-state index in [2.05, 4.69) is 19.9 Å². The van der Waals surface area contributed by atoms with Gasteiger partial charge in [-0.15, -0.1) is 5.10 Å². The molecule has 15 heavy (non-hydrogen) atoms. The van der Waals surface area contributed by atoms with Crippen molar-refractivity contribution in [2.75, 3.05) is 12.8 Å². The minimum absolute atomic E-state index is 0.0139. The summed E-state index contributed by atoms with van der Waals surface area (Å²) in [4.78, 5) is 14.1. The van der Waals surface area contributed by atoms with Crippen molar-refractivity contribution in [3.05, 3.63) is 5.82 Å². The molecule has 0 radical (unpaired) electrons. The molecule has 0 fully saturated rings. The summed E-state index contributed by atoms with van der Waals surface area (Å²) >= 11 is 0. The molecule has 1 rings (SSSR count). The van der Waals surface area contributed by atoms with E-state index in [0.29, 0.717) is 0 Å². The van der Waals surface area contributed by atoms with Crippen molar-refractivity contribution < 1.29 is 27.1 Å². The lowest BCUT2D eigenvalue weighted by molar-refractivity contribution is 0.0587. The summed E-state index contributed by atoms with van der Waals surface area (Å²) in [5, 5.41) is 5.72. The first-order valence-electron chi connectivity index (χ1n) is 3.20. The summed E-state index contributed by atoms with van der Waals surface area (Å²) in [7, 11) is -3.42. The van der Waals surface area contributed by atoms with Crippen molar-refractivity contribution in [1.82, 2.24) is 15.2 Å². The molecule has 5 N–H and O–H groups in total. The van der Waals surface area contributed by atoms with Gasteiger partial charge in [0.1, 0.15) is 0 Å². The van der Waals surface area contributed by atoms with Crippen LogP contribution < -0.4 is 5.73 Å². The van der Waals surface area contributed by atoms with E-state index in [-0.39, 0.29) is 11.8 Å². The molecule has 1 aromatic rings. The molecule has 0 spiro atoms. The van der Waals surface area contributed by atoms with Gasteiger partial charge in [0.05, 0.1) is 7.11 Å². The van der Waals surface area contributed by atoms with E-state index in [1.54, 1.807) is 0 Å². The largest absolute Gasteiger partial charge is 0.463 e. The summed E-state index contributed by atoms with van der Waals surface area (Å²) < 4.78 is 35.9. The minimum atomic E-state index is -4.67. The Morgan fingerprint density at radius 1 is 1.53 bits per heavy atom. The van der Waals surface area contributed by atoms with E-state index in [9.17, 15) is 4.79 Å². The third kappa shape index (κ3) is 7.36. The Morgan fingerprint density at radius 2 is 2.00 bits per heavy atom. The molecule has 86 valence electrons. The van der Waals surface area contributed by atoms with Gasteiger partial charge in [-0.3, -0.25) is 14.2 Å². The van der Waals surface area contributed by atoms with Crippen LogP contribution in [0, 0.1) is 0 Å². The van der Waals surface area contributed by atoms with E-state index in [1.165, 1.54) is 7.11 Å². The van der Waals surface area contributed by atoms with Crippen molar-refractivity contribution >= 4 is 22.3 Å². The zero-order valence-corrected chi connectivity index (χ0v) is 8.22. The molecule has 0 saturated heterocycles. The number of anilines is 1. The number of hydrogen-bond donors (Lipinski definition) is 4. The monoisotopic (exact) mass is 240 g/mol. The predicted octanol–water partition coefficient (Wildman–Crippen LogP) is -1.48. The molecule has 0 aliphatic rings. The van der Waals surface area contributed by atoms with Crippen LogP contribution in [0.4, 0.5) is 5.95 Å². The van der Waals surface area contributed by atoms with E-state index >= 15 is 0 Å². The van der Waals surface area contributed by atoms with Gasteiger partial charge < -0.3 is 10.5 Å². The number of carbonyl (C=O) groups is 1. The van der Waals surface area contributed by atoms with Gasteiger partial charge >= 0.3 is 16.4 Å². The average Bonchev–Trinajstić information content (AvgIpc) is 2.47. The average molecular weight is 240 g/mol. The fourth-order valence-electron chi connectivity index (χ4n) is 0.463. The first kappa shape index (κ1) is 13.3. The quantitative estimate of drug-likeness (QED) is 0.337. The van der Waals surface area contributed by atoms with Gasteiger partial charge in [-0.05, 0) is 0 Å². The number of nitrogens with zero attached hydrogens (tertiary/aromatic N) is 2. The number of aromatic nitrogens is 3. The number of aromatic amines is 1. The summed E-state index contributed by atoms with van der Waals surface area (Å²) in [6.45, 7) is 0. The molecule has 1 heterocycles. The summed E-state index contributed by atoms with van der Waals surface area (Å²) in [6.07, 6.45) is 0. The molecule has 0 unspecified atom stereocenters. The highest BCUT2D eigenvalue weighted by Gasteiger charge is 2.08. The van der Waals surface area contributed by atoms with Gasteiger partial charge in [-0.1, -0.05) is 0 Å². The standard InChI is InChI=1S/C4H6N4O2.H2O4S/c1-10-3(9)2-6-4(5)8-7-2;1-5(2,3)4/h1H3,(H3,5,6,7,8);(H2,1,2,3,4). The Morgan fingerprint density at radius 3 is 2.27 bits per heavy atom. The van der Waals surface area contributed by atoms with Crippen molar-refractivity contribution in [1.29, 1.82) is 0 Å². The Bertz CT molecular complexity index is 416. The number of hydrogen-bond acceptors (Lipinski definition) is 7. The number of methoxy groups -OCH3 is 1. The fourth-order valence-corrected chi connectivity index (χ4v) is 0.463. The van der Waals surface area contributed by atoms with Crippen molar-refractivity contribution in [3.63, 3.8) is 0 Å². The molecule has 11 heteroatoms. The van der Waals surface area contributed by atoms with Gasteiger partial charge in [0.2, 0.25) is 11.8 Å². The number of ether oxygens (including phenoxy) is 1. The lowest BCUT2D eigenvalue weighted by atomic mass is 10.6. The second-order valence-corrected chi connectivity index (χ2v) is 2.88. The lowest BCUT2D eigenvalue weighted by Crippen LogP contribution is -2.03. The third-order valence-corrected chi connectivity index (χ3v) is 0.881. The summed E-state index contributed by atoms with van der Waals surface area (Å²) in [5.41, 5.74) is 5.11. The number of H-pyrrole nitrogens is 1. The van der Waals surface area contributed by atoms with Gasteiger partial charge in [-0.2, -0.15) is 13.4 Å². The topological polar surface area (TPSA) is 168 Å². The van der Waals surface area contributed by atoms with Crippen LogP contribution in [0.3, 0.4) is 0 Å². The van der Waals surface area contributed by atoms with Gasteiger partial charge in [0.25, 0.3) is 0 Å². The Balaban J connectivity index is 0.000000336. The SMILES string of the molecule is COC(=O)c1nc(N)n[nH]1.O=S(=O)(O)O. The maximum Gasteiger partial charge on any atom is 0.394 e. The molecule has 0 saturated carbocycles. The van der Waals surface area contributed by atoms with Crippen LogP contribution in [0.2, 0.25) is 0 Å². The lowest BCUT2D eigenvalue weighted by Gasteiger charge is -1.88. The van der Waals surface area contributed by atoms with Crippen molar-refractivity contribution in [2.45, 2.75) is 0 Å². The zero-order valence-electron chi connectivity index (χ0n) is 7.41. The Labute approximate surface area is 84.0 Å². The highest BCUT2D eigenvalue weighted by atomic mass is 32.3. The van der Waals surface area contributed by atoms with Crippen molar-refractivity contribution in [2.24, 2.45) is 0 Å². The molecular formula is C4H8N4O6S. The predicted molar refractivity (Wildman–Crippen MR) is 46.3 cm³/mol. The Kier molecular flexibility index (Phi) is 4.63. The number of nitrogens with one attached hydrogen (secondary N) is 1. The van der Waals surface area contributed by atoms with E-state index in [1.807, 2.05) is 0 Å². The van der Waals surface area contributed by atoms with Crippen LogP contribution in [-0.2, 0) is 15.1 Å². The Hall–Kier alpha value is -1.72. The van der Waals surface area contributed by atoms with Gasteiger partial charge in [0, 0.05) is 0 Å². The number of esters is 1. The highest BCUT2D eigenvalue weighted by molar-refractivity contribution is 7.79. The molecule has 10 nitrogen and oxygen atoms in total. The van der Waals surface area contributed by atoms with E-state index in [0.717, 1.165) is 0 Å². The van der Waals surface area contributed by atoms with E-state index < -0.39 is 16.4 Å².